The van der Waals surface area contributed by atoms with Crippen molar-refractivity contribution in [3.8, 4) is 11.3 Å². The number of hydrogen-bond donors (Lipinski definition) is 0. The zero-order chi connectivity index (χ0) is 22.6. The van der Waals surface area contributed by atoms with Crippen LogP contribution in [0.3, 0.4) is 0 Å². The number of nitrogens with zero attached hydrogens (tertiary/aromatic N) is 3. The molecule has 1 atom stereocenters. The molecule has 2 aliphatic heterocycles. The van der Waals surface area contributed by atoms with Gasteiger partial charge in [0.15, 0.2) is 0 Å². The van der Waals surface area contributed by atoms with Gasteiger partial charge in [-0.1, -0.05) is 53.7 Å². The number of hydrogen-bond acceptors (Lipinski definition) is 5. The van der Waals surface area contributed by atoms with Crippen LogP contribution in [0.4, 0.5) is 5.88 Å². The van der Waals surface area contributed by atoms with Crippen LogP contribution in [0.1, 0.15) is 47.2 Å². The second kappa shape index (κ2) is 9.79. The lowest BCUT2D eigenvalue weighted by Gasteiger charge is -2.27. The second-order valence-corrected chi connectivity index (χ2v) is 9.01. The fourth-order valence-electron chi connectivity index (χ4n) is 4.86. The normalized spacial score (nSPS) is 18.1. The van der Waals surface area contributed by atoms with Gasteiger partial charge in [0.1, 0.15) is 5.69 Å². The Bertz CT molecular complexity index is 1080. The van der Waals surface area contributed by atoms with E-state index in [1.54, 1.807) is 0 Å². The summed E-state index contributed by atoms with van der Waals surface area (Å²) in [6.45, 7) is 5.65. The fraction of sp³-hybridized carbons (Fsp3) is 0.407. The van der Waals surface area contributed by atoms with Crippen LogP contribution in [0.5, 0.6) is 0 Å². The highest BCUT2D eigenvalue weighted by atomic mass is 16.5. The number of aromatic nitrogens is 1. The van der Waals surface area contributed by atoms with Crippen LogP contribution in [-0.4, -0.2) is 48.3 Å². The molecule has 33 heavy (non-hydrogen) atoms. The quantitative estimate of drug-likeness (QED) is 0.508. The number of ether oxygens (including phenoxy) is 1. The lowest BCUT2D eigenvalue weighted by molar-refractivity contribution is 0.0507. The molecule has 0 bridgehead atoms. The standard InChI is InChI=1S/C27H31N3O3/c1-20-10-5-6-14-23(20)26(31)30(18-22-13-9-17-32-22)19-24-25(21-11-3-2-4-12-21)28-33-27(24)29-15-7-8-16-29/h2-6,10-12,14,22H,7-9,13,15-19H2,1H3/t22-/m0/s1. The summed E-state index contributed by atoms with van der Waals surface area (Å²) < 4.78 is 11.8. The lowest BCUT2D eigenvalue weighted by Crippen LogP contribution is -2.37. The van der Waals surface area contributed by atoms with Crippen LogP contribution >= 0.6 is 0 Å². The molecule has 6 nitrogen and oxygen atoms in total. The minimum Gasteiger partial charge on any atom is -0.376 e. The maximum Gasteiger partial charge on any atom is 0.254 e. The number of carbonyl (C=O) groups excluding carboxylic acids is 1. The molecule has 0 saturated carbocycles. The van der Waals surface area contributed by atoms with Gasteiger partial charge in [-0.2, -0.15) is 0 Å². The molecule has 2 aromatic carbocycles. The van der Waals surface area contributed by atoms with Crippen molar-refractivity contribution in [3.05, 3.63) is 71.3 Å². The first-order valence-corrected chi connectivity index (χ1v) is 12.0. The van der Waals surface area contributed by atoms with E-state index in [9.17, 15) is 4.79 Å². The van der Waals surface area contributed by atoms with Gasteiger partial charge in [-0.25, -0.2) is 0 Å². The molecule has 2 saturated heterocycles. The first kappa shape index (κ1) is 21.7. The van der Waals surface area contributed by atoms with Crippen LogP contribution in [-0.2, 0) is 11.3 Å². The predicted octanol–water partition coefficient (Wildman–Crippen LogP) is 5.07. The number of rotatable bonds is 7. The Kier molecular flexibility index (Phi) is 6.44. The van der Waals surface area contributed by atoms with E-state index in [1.165, 1.54) is 0 Å². The van der Waals surface area contributed by atoms with Crippen LogP contribution in [0.15, 0.2) is 59.1 Å². The molecule has 2 fully saturated rings. The second-order valence-electron chi connectivity index (χ2n) is 9.01. The van der Waals surface area contributed by atoms with E-state index in [1.807, 2.05) is 66.4 Å². The zero-order valence-electron chi connectivity index (χ0n) is 19.2. The van der Waals surface area contributed by atoms with Crippen molar-refractivity contribution in [1.29, 1.82) is 0 Å². The number of aryl methyl sites for hydroxylation is 1. The van der Waals surface area contributed by atoms with Crippen LogP contribution in [0.25, 0.3) is 11.3 Å². The summed E-state index contributed by atoms with van der Waals surface area (Å²) >= 11 is 0. The summed E-state index contributed by atoms with van der Waals surface area (Å²) in [5.41, 5.74) is 4.50. The molecule has 5 rings (SSSR count). The maximum atomic E-state index is 13.8. The number of benzene rings is 2. The molecule has 1 amide bonds. The predicted molar refractivity (Wildman–Crippen MR) is 128 cm³/mol. The Labute approximate surface area is 195 Å². The van der Waals surface area contributed by atoms with E-state index in [4.69, 9.17) is 9.26 Å². The maximum absolute atomic E-state index is 13.8. The van der Waals surface area contributed by atoms with Crippen molar-refractivity contribution >= 4 is 11.8 Å². The molecule has 0 N–H and O–H groups in total. The molecular formula is C27H31N3O3. The monoisotopic (exact) mass is 445 g/mol. The van der Waals surface area contributed by atoms with Crippen molar-refractivity contribution < 1.29 is 14.1 Å². The van der Waals surface area contributed by atoms with E-state index in [0.717, 1.165) is 79.2 Å². The molecule has 172 valence electrons. The summed E-state index contributed by atoms with van der Waals surface area (Å²) in [6, 6.07) is 17.9. The van der Waals surface area contributed by atoms with Gasteiger partial charge >= 0.3 is 0 Å². The Hall–Kier alpha value is -3.12. The van der Waals surface area contributed by atoms with E-state index in [0.29, 0.717) is 13.1 Å². The smallest absolute Gasteiger partial charge is 0.254 e. The average molecular weight is 446 g/mol. The van der Waals surface area contributed by atoms with Gasteiger partial charge in [-0.15, -0.1) is 0 Å². The highest BCUT2D eigenvalue weighted by molar-refractivity contribution is 5.95. The molecule has 2 aliphatic rings. The molecule has 0 radical (unpaired) electrons. The van der Waals surface area contributed by atoms with E-state index in [2.05, 4.69) is 10.1 Å². The lowest BCUT2D eigenvalue weighted by atomic mass is 10.0. The summed E-state index contributed by atoms with van der Waals surface area (Å²) in [6.07, 6.45) is 4.36. The minimum atomic E-state index is 0.0242. The van der Waals surface area contributed by atoms with Crippen molar-refractivity contribution in [1.82, 2.24) is 10.1 Å². The molecule has 1 aromatic heterocycles. The average Bonchev–Trinajstić information content (AvgIpc) is 3.61. The Morgan fingerprint density at radius 1 is 1.06 bits per heavy atom. The molecule has 0 unspecified atom stereocenters. The number of anilines is 1. The fourth-order valence-corrected chi connectivity index (χ4v) is 4.86. The number of amides is 1. The highest BCUT2D eigenvalue weighted by Gasteiger charge is 2.30. The van der Waals surface area contributed by atoms with Gasteiger partial charge in [0.2, 0.25) is 5.88 Å². The molecule has 3 aromatic rings. The third kappa shape index (κ3) is 4.67. The van der Waals surface area contributed by atoms with Crippen molar-refractivity contribution in [3.63, 3.8) is 0 Å². The van der Waals surface area contributed by atoms with Crippen LogP contribution < -0.4 is 4.90 Å². The Morgan fingerprint density at radius 3 is 2.55 bits per heavy atom. The summed E-state index contributed by atoms with van der Waals surface area (Å²) in [5, 5.41) is 4.48. The van der Waals surface area contributed by atoms with Gasteiger partial charge in [-0.05, 0) is 44.2 Å². The molecule has 0 aliphatic carbocycles. The van der Waals surface area contributed by atoms with Gasteiger partial charge in [0.05, 0.1) is 18.2 Å². The molecule has 6 heteroatoms. The van der Waals surface area contributed by atoms with E-state index in [-0.39, 0.29) is 12.0 Å². The Balaban J connectivity index is 1.53. The third-order valence-electron chi connectivity index (χ3n) is 6.67. The first-order chi connectivity index (χ1) is 16.2. The van der Waals surface area contributed by atoms with E-state index < -0.39 is 0 Å². The van der Waals surface area contributed by atoms with Crippen molar-refractivity contribution in [2.24, 2.45) is 0 Å². The first-order valence-electron chi connectivity index (χ1n) is 12.0. The number of carbonyl (C=O) groups is 1. The van der Waals surface area contributed by atoms with Crippen molar-refractivity contribution in [2.75, 3.05) is 31.1 Å². The summed E-state index contributed by atoms with van der Waals surface area (Å²) in [5.74, 6) is 0.817. The topological polar surface area (TPSA) is 58.8 Å². The third-order valence-corrected chi connectivity index (χ3v) is 6.67. The van der Waals surface area contributed by atoms with Gasteiger partial charge in [0.25, 0.3) is 5.91 Å². The molecule has 3 heterocycles. The SMILES string of the molecule is Cc1ccccc1C(=O)N(Cc1c(-c2ccccc2)noc1N1CCCC1)C[C@@H]1CCCO1. The van der Waals surface area contributed by atoms with Crippen LogP contribution in [0, 0.1) is 6.92 Å². The van der Waals surface area contributed by atoms with Gasteiger partial charge in [-0.3, -0.25) is 4.79 Å². The van der Waals surface area contributed by atoms with E-state index >= 15 is 0 Å². The minimum absolute atomic E-state index is 0.0242. The summed E-state index contributed by atoms with van der Waals surface area (Å²) in [4.78, 5) is 18.0. The van der Waals surface area contributed by atoms with Crippen molar-refractivity contribution in [2.45, 2.75) is 45.3 Å². The Morgan fingerprint density at radius 2 is 1.82 bits per heavy atom. The zero-order valence-corrected chi connectivity index (χ0v) is 19.2. The van der Waals surface area contributed by atoms with Gasteiger partial charge in [0, 0.05) is 37.4 Å². The highest BCUT2D eigenvalue weighted by Crippen LogP contribution is 2.34. The van der Waals surface area contributed by atoms with Crippen LogP contribution in [0.2, 0.25) is 0 Å². The molecular weight excluding hydrogens is 414 g/mol. The molecule has 0 spiro atoms. The summed E-state index contributed by atoms with van der Waals surface area (Å²) in [7, 11) is 0. The van der Waals surface area contributed by atoms with Gasteiger partial charge < -0.3 is 19.1 Å². The largest absolute Gasteiger partial charge is 0.376 e.